The average molecular weight is 335 g/mol. The number of hydrogen-bond donors (Lipinski definition) is 1. The summed E-state index contributed by atoms with van der Waals surface area (Å²) < 4.78 is 39.7. The lowest BCUT2D eigenvalue weighted by Crippen LogP contribution is -2.10. The number of aromatic nitrogens is 2. The number of halogens is 4. The molecule has 0 radical (unpaired) electrons. The Labute approximate surface area is 115 Å². The van der Waals surface area contributed by atoms with E-state index in [1.54, 1.807) is 13.1 Å². The number of benzene rings is 1. The van der Waals surface area contributed by atoms with E-state index in [1.165, 1.54) is 23.0 Å². The van der Waals surface area contributed by atoms with E-state index in [0.717, 1.165) is 6.07 Å². The molecule has 2 rings (SSSR count). The predicted molar refractivity (Wildman–Crippen MR) is 66.4 cm³/mol. The van der Waals surface area contributed by atoms with Gasteiger partial charge in [0.1, 0.15) is 6.10 Å². The van der Waals surface area contributed by atoms with Crippen LogP contribution in [0.1, 0.15) is 22.9 Å². The van der Waals surface area contributed by atoms with E-state index in [2.05, 4.69) is 21.0 Å². The number of hydrogen-bond acceptors (Lipinski definition) is 2. The summed E-state index contributed by atoms with van der Waals surface area (Å²) in [6.45, 7) is 0. The Balaban J connectivity index is 2.44. The molecule has 7 heteroatoms. The van der Waals surface area contributed by atoms with Crippen LogP contribution in [0.4, 0.5) is 13.2 Å². The van der Waals surface area contributed by atoms with Crippen molar-refractivity contribution in [2.24, 2.45) is 7.05 Å². The highest BCUT2D eigenvalue weighted by molar-refractivity contribution is 9.10. The molecule has 0 saturated carbocycles. The van der Waals surface area contributed by atoms with Crippen LogP contribution >= 0.6 is 15.9 Å². The summed E-state index contributed by atoms with van der Waals surface area (Å²) in [5, 5.41) is 14.0. The second-order valence-electron chi connectivity index (χ2n) is 4.02. The monoisotopic (exact) mass is 334 g/mol. The summed E-state index contributed by atoms with van der Waals surface area (Å²) in [7, 11) is 1.61. The van der Waals surface area contributed by atoms with E-state index in [1.807, 2.05) is 0 Å². The lowest BCUT2D eigenvalue weighted by atomic mass is 10.0. The Hall–Kier alpha value is -1.34. The highest BCUT2D eigenvalue weighted by Crippen LogP contribution is 2.37. The third kappa shape index (κ3) is 2.82. The maximum absolute atomic E-state index is 12.8. The number of aryl methyl sites for hydroxylation is 1. The molecule has 102 valence electrons. The molecule has 1 aromatic carbocycles. The molecule has 0 bridgehead atoms. The Bertz CT molecular complexity index is 595. The Morgan fingerprint density at radius 1 is 1.32 bits per heavy atom. The van der Waals surface area contributed by atoms with E-state index in [-0.39, 0.29) is 10.0 Å². The van der Waals surface area contributed by atoms with Gasteiger partial charge < -0.3 is 5.11 Å². The van der Waals surface area contributed by atoms with Crippen LogP contribution in [-0.2, 0) is 13.2 Å². The molecule has 1 heterocycles. The predicted octanol–water partition coefficient (Wildman–Crippen LogP) is 3.28. The van der Waals surface area contributed by atoms with Crippen LogP contribution in [0, 0.1) is 0 Å². The molecule has 1 atom stereocenters. The molecule has 0 aliphatic carbocycles. The minimum absolute atomic E-state index is 0.0547. The largest absolute Gasteiger partial charge is 0.417 e. The van der Waals surface area contributed by atoms with Crippen molar-refractivity contribution in [1.82, 2.24) is 9.78 Å². The number of aliphatic hydroxyl groups is 1. The van der Waals surface area contributed by atoms with Crippen LogP contribution in [-0.4, -0.2) is 14.9 Å². The van der Waals surface area contributed by atoms with Crippen LogP contribution in [0.15, 0.2) is 34.9 Å². The van der Waals surface area contributed by atoms with Crippen LogP contribution in [0.25, 0.3) is 0 Å². The quantitative estimate of drug-likeness (QED) is 0.915. The lowest BCUT2D eigenvalue weighted by molar-refractivity contribution is -0.138. The van der Waals surface area contributed by atoms with Gasteiger partial charge in [0.25, 0.3) is 0 Å². The Morgan fingerprint density at radius 3 is 2.53 bits per heavy atom. The molecule has 1 aromatic heterocycles. The van der Waals surface area contributed by atoms with Crippen molar-refractivity contribution >= 4 is 15.9 Å². The van der Waals surface area contributed by atoms with Gasteiger partial charge in [-0.3, -0.25) is 4.68 Å². The molecular weight excluding hydrogens is 325 g/mol. The van der Waals surface area contributed by atoms with Gasteiger partial charge in [-0.25, -0.2) is 0 Å². The third-order valence-corrected chi connectivity index (χ3v) is 3.44. The summed E-state index contributed by atoms with van der Waals surface area (Å²) in [6.07, 6.45) is -4.15. The van der Waals surface area contributed by atoms with Gasteiger partial charge in [-0.2, -0.15) is 18.3 Å². The fraction of sp³-hybridized carbons (Fsp3) is 0.250. The van der Waals surface area contributed by atoms with Gasteiger partial charge in [-0.1, -0.05) is 22.0 Å². The first-order chi connectivity index (χ1) is 8.80. The average Bonchev–Trinajstić information content (AvgIpc) is 2.73. The molecule has 0 fully saturated rings. The van der Waals surface area contributed by atoms with Crippen LogP contribution in [0.5, 0.6) is 0 Å². The van der Waals surface area contributed by atoms with Crippen molar-refractivity contribution in [2.75, 3.05) is 0 Å². The van der Waals surface area contributed by atoms with Gasteiger partial charge in [0.2, 0.25) is 0 Å². The van der Waals surface area contributed by atoms with Crippen molar-refractivity contribution in [3.63, 3.8) is 0 Å². The first-order valence-corrected chi connectivity index (χ1v) is 6.12. The smallest absolute Gasteiger partial charge is 0.382 e. The van der Waals surface area contributed by atoms with E-state index < -0.39 is 17.8 Å². The fourth-order valence-corrected chi connectivity index (χ4v) is 2.22. The number of alkyl halides is 3. The van der Waals surface area contributed by atoms with Crippen molar-refractivity contribution in [1.29, 1.82) is 0 Å². The molecule has 0 spiro atoms. The topological polar surface area (TPSA) is 38.0 Å². The standard InChI is InChI=1S/C12H10BrF3N2O/c1-18-10(4-5-17-18)11(19)7-2-3-9(13)8(6-7)12(14,15)16/h2-6,11,19H,1H3. The molecule has 19 heavy (non-hydrogen) atoms. The molecule has 0 saturated heterocycles. The van der Waals surface area contributed by atoms with Gasteiger partial charge in [-0.15, -0.1) is 0 Å². The second-order valence-corrected chi connectivity index (χ2v) is 4.87. The number of aliphatic hydroxyl groups excluding tert-OH is 1. The zero-order valence-electron chi connectivity index (χ0n) is 9.82. The highest BCUT2D eigenvalue weighted by atomic mass is 79.9. The van der Waals surface area contributed by atoms with Crippen molar-refractivity contribution < 1.29 is 18.3 Å². The molecular formula is C12H10BrF3N2O. The first kappa shape index (κ1) is 14.1. The summed E-state index contributed by atoms with van der Waals surface area (Å²) in [6, 6.07) is 5.20. The summed E-state index contributed by atoms with van der Waals surface area (Å²) in [5.74, 6) is 0. The number of nitrogens with zero attached hydrogens (tertiary/aromatic N) is 2. The van der Waals surface area contributed by atoms with Gasteiger partial charge >= 0.3 is 6.18 Å². The lowest BCUT2D eigenvalue weighted by Gasteiger charge is -2.15. The van der Waals surface area contributed by atoms with Gasteiger partial charge in [0.15, 0.2) is 0 Å². The van der Waals surface area contributed by atoms with Crippen molar-refractivity contribution in [2.45, 2.75) is 12.3 Å². The van der Waals surface area contributed by atoms with Gasteiger partial charge in [0.05, 0.1) is 11.3 Å². The summed E-state index contributed by atoms with van der Waals surface area (Å²) >= 11 is 2.86. The van der Waals surface area contributed by atoms with Gasteiger partial charge in [-0.05, 0) is 23.8 Å². The first-order valence-electron chi connectivity index (χ1n) is 5.33. The molecule has 1 N–H and O–H groups in total. The van der Waals surface area contributed by atoms with Crippen LogP contribution < -0.4 is 0 Å². The second kappa shape index (κ2) is 4.97. The van der Waals surface area contributed by atoms with Crippen LogP contribution in [0.3, 0.4) is 0 Å². The Kier molecular flexibility index (Phi) is 3.69. The molecule has 1 unspecified atom stereocenters. The number of rotatable bonds is 2. The van der Waals surface area contributed by atoms with Crippen molar-refractivity contribution in [3.05, 3.63) is 51.8 Å². The minimum Gasteiger partial charge on any atom is -0.382 e. The normalized spacial score (nSPS) is 13.6. The van der Waals surface area contributed by atoms with E-state index >= 15 is 0 Å². The fourth-order valence-electron chi connectivity index (χ4n) is 1.75. The molecule has 0 aliphatic rings. The minimum atomic E-state index is -4.47. The maximum Gasteiger partial charge on any atom is 0.417 e. The molecule has 0 amide bonds. The van der Waals surface area contributed by atoms with Gasteiger partial charge in [0, 0.05) is 17.7 Å². The highest BCUT2D eigenvalue weighted by Gasteiger charge is 2.33. The Morgan fingerprint density at radius 2 is 2.00 bits per heavy atom. The third-order valence-electron chi connectivity index (χ3n) is 2.75. The van der Waals surface area contributed by atoms with E-state index in [4.69, 9.17) is 0 Å². The molecule has 3 nitrogen and oxygen atoms in total. The summed E-state index contributed by atoms with van der Waals surface area (Å²) in [5.41, 5.74) is -0.221. The van der Waals surface area contributed by atoms with E-state index in [0.29, 0.717) is 5.69 Å². The molecule has 0 aliphatic heterocycles. The maximum atomic E-state index is 12.8. The SMILES string of the molecule is Cn1nccc1C(O)c1ccc(Br)c(C(F)(F)F)c1. The van der Waals surface area contributed by atoms with E-state index in [9.17, 15) is 18.3 Å². The van der Waals surface area contributed by atoms with Crippen LogP contribution in [0.2, 0.25) is 0 Å². The zero-order chi connectivity index (χ0) is 14.2. The molecule has 2 aromatic rings. The zero-order valence-corrected chi connectivity index (χ0v) is 11.4. The van der Waals surface area contributed by atoms with Crippen molar-refractivity contribution in [3.8, 4) is 0 Å². The summed E-state index contributed by atoms with van der Waals surface area (Å²) in [4.78, 5) is 0.